The van der Waals surface area contributed by atoms with Crippen LogP contribution >= 0.6 is 11.6 Å². The van der Waals surface area contributed by atoms with Crippen LogP contribution < -0.4 is 10.6 Å². The van der Waals surface area contributed by atoms with Crippen LogP contribution in [-0.2, 0) is 11.3 Å². The Bertz CT molecular complexity index is 1000. The molecule has 0 atom stereocenters. The Hall–Kier alpha value is -3.26. The lowest BCUT2D eigenvalue weighted by Gasteiger charge is -2.10. The number of tetrazole rings is 1. The fraction of sp³-hybridized carbons (Fsp3) is 0.167. The Labute approximate surface area is 160 Å². The zero-order valence-electron chi connectivity index (χ0n) is 14.7. The van der Waals surface area contributed by atoms with E-state index >= 15 is 0 Å². The third-order valence-corrected chi connectivity index (χ3v) is 4.29. The van der Waals surface area contributed by atoms with Gasteiger partial charge in [-0.05, 0) is 48.4 Å². The average Bonchev–Trinajstić information content (AvgIpc) is 3.07. The van der Waals surface area contributed by atoms with E-state index in [0.717, 1.165) is 15.9 Å². The molecule has 9 heteroatoms. The highest BCUT2D eigenvalue weighted by Gasteiger charge is 2.14. The van der Waals surface area contributed by atoms with Crippen LogP contribution in [0.25, 0.3) is 11.4 Å². The lowest BCUT2D eigenvalue weighted by molar-refractivity contribution is -0.120. The highest BCUT2D eigenvalue weighted by Crippen LogP contribution is 2.23. The molecule has 2 N–H and O–H groups in total. The Morgan fingerprint density at radius 1 is 1.11 bits per heavy atom. The smallest absolute Gasteiger partial charge is 0.307 e. The summed E-state index contributed by atoms with van der Waals surface area (Å²) >= 11 is 6.09. The topological polar surface area (TPSA) is 102 Å². The molecular formula is C18H17ClN6O2. The first-order chi connectivity index (χ1) is 12.9. The first-order valence-electron chi connectivity index (χ1n) is 8.14. The lowest BCUT2D eigenvalue weighted by Crippen LogP contribution is -2.37. The molecule has 0 fully saturated rings. The predicted octanol–water partition coefficient (Wildman–Crippen LogP) is 2.96. The molecule has 27 heavy (non-hydrogen) atoms. The molecule has 3 amide bonds. The van der Waals surface area contributed by atoms with E-state index in [9.17, 15) is 9.59 Å². The van der Waals surface area contributed by atoms with Crippen molar-refractivity contribution in [3.8, 4) is 11.4 Å². The van der Waals surface area contributed by atoms with Crippen molar-refractivity contribution in [2.24, 2.45) is 0 Å². The van der Waals surface area contributed by atoms with Crippen LogP contribution in [0.1, 0.15) is 11.1 Å². The van der Waals surface area contributed by atoms with Crippen LogP contribution in [0.5, 0.6) is 0 Å². The van der Waals surface area contributed by atoms with Gasteiger partial charge in [0.05, 0.1) is 5.02 Å². The number of halogens is 1. The molecule has 0 aliphatic heterocycles. The molecule has 3 rings (SSSR count). The first kappa shape index (κ1) is 18.5. The fourth-order valence-corrected chi connectivity index (χ4v) is 2.62. The number of amides is 3. The molecule has 0 bridgehead atoms. The van der Waals surface area contributed by atoms with Crippen molar-refractivity contribution in [1.29, 1.82) is 0 Å². The molecule has 138 valence electrons. The fourth-order valence-electron chi connectivity index (χ4n) is 2.40. The Morgan fingerprint density at radius 2 is 1.89 bits per heavy atom. The zero-order chi connectivity index (χ0) is 19.4. The monoisotopic (exact) mass is 384 g/mol. The lowest BCUT2D eigenvalue weighted by atomic mass is 10.1. The first-order valence-corrected chi connectivity index (χ1v) is 8.51. The number of carbonyl (C=O) groups excluding carboxylic acids is 2. The standard InChI is InChI=1S/C18H17ClN6O2/c1-11-6-5-9-15(12(11)2)20-18(27)21-16(26)10-25-23-17(22-24-25)13-7-3-4-8-14(13)19/h3-9H,10H2,1-2H3,(H2,20,21,26,27). The highest BCUT2D eigenvalue weighted by molar-refractivity contribution is 6.33. The van der Waals surface area contributed by atoms with Gasteiger partial charge in [-0.25, -0.2) is 4.79 Å². The summed E-state index contributed by atoms with van der Waals surface area (Å²) < 4.78 is 0. The molecule has 1 aromatic heterocycles. The van der Waals surface area contributed by atoms with Crippen LogP contribution in [-0.4, -0.2) is 32.1 Å². The summed E-state index contributed by atoms with van der Waals surface area (Å²) in [5.74, 6) is -0.269. The highest BCUT2D eigenvalue weighted by atomic mass is 35.5. The van der Waals surface area contributed by atoms with Gasteiger partial charge in [0.25, 0.3) is 5.91 Å². The van der Waals surface area contributed by atoms with E-state index in [2.05, 4.69) is 26.0 Å². The number of hydrogen-bond acceptors (Lipinski definition) is 5. The van der Waals surface area contributed by atoms with E-state index in [1.165, 1.54) is 0 Å². The summed E-state index contributed by atoms with van der Waals surface area (Å²) in [5, 5.41) is 17.2. The van der Waals surface area contributed by atoms with Gasteiger partial charge in [0.2, 0.25) is 5.82 Å². The average molecular weight is 385 g/mol. The summed E-state index contributed by atoms with van der Waals surface area (Å²) in [7, 11) is 0. The molecule has 0 radical (unpaired) electrons. The Kier molecular flexibility index (Phi) is 5.46. The Balaban J connectivity index is 1.60. The minimum Gasteiger partial charge on any atom is -0.307 e. The minimum atomic E-state index is -0.625. The van der Waals surface area contributed by atoms with Gasteiger partial charge in [-0.15, -0.1) is 10.2 Å². The van der Waals surface area contributed by atoms with Crippen molar-refractivity contribution in [2.45, 2.75) is 20.4 Å². The largest absolute Gasteiger partial charge is 0.325 e. The molecule has 0 unspecified atom stereocenters. The van der Waals surface area contributed by atoms with Crippen LogP contribution in [0.2, 0.25) is 5.02 Å². The van der Waals surface area contributed by atoms with E-state index in [1.807, 2.05) is 26.0 Å². The second-order valence-corrected chi connectivity index (χ2v) is 6.28. The van der Waals surface area contributed by atoms with Gasteiger partial charge in [0.1, 0.15) is 6.54 Å². The third kappa shape index (κ3) is 4.48. The van der Waals surface area contributed by atoms with Crippen molar-refractivity contribution in [3.63, 3.8) is 0 Å². The number of aromatic nitrogens is 4. The van der Waals surface area contributed by atoms with Crippen molar-refractivity contribution in [2.75, 3.05) is 5.32 Å². The summed E-state index contributed by atoms with van der Waals surface area (Å²) in [6.07, 6.45) is 0. The molecule has 0 saturated heterocycles. The summed E-state index contributed by atoms with van der Waals surface area (Å²) in [5.41, 5.74) is 3.22. The number of carbonyl (C=O) groups is 2. The normalized spacial score (nSPS) is 10.5. The van der Waals surface area contributed by atoms with Crippen LogP contribution in [0.15, 0.2) is 42.5 Å². The maximum Gasteiger partial charge on any atom is 0.325 e. The van der Waals surface area contributed by atoms with E-state index in [1.54, 1.807) is 30.3 Å². The van der Waals surface area contributed by atoms with Gasteiger partial charge < -0.3 is 5.32 Å². The molecule has 0 spiro atoms. The number of aryl methyl sites for hydroxylation is 1. The molecule has 0 saturated carbocycles. The van der Waals surface area contributed by atoms with Gasteiger partial charge in [0, 0.05) is 11.3 Å². The van der Waals surface area contributed by atoms with Crippen LogP contribution in [0.4, 0.5) is 10.5 Å². The number of hydrogen-bond donors (Lipinski definition) is 2. The number of anilines is 1. The van der Waals surface area contributed by atoms with E-state index in [-0.39, 0.29) is 6.54 Å². The SMILES string of the molecule is Cc1cccc(NC(=O)NC(=O)Cn2nnc(-c3ccccc3Cl)n2)c1C. The summed E-state index contributed by atoms with van der Waals surface area (Å²) in [6.45, 7) is 3.58. The van der Waals surface area contributed by atoms with Crippen LogP contribution in [0, 0.1) is 13.8 Å². The molecule has 0 aliphatic rings. The molecule has 8 nitrogen and oxygen atoms in total. The van der Waals surface area contributed by atoms with Crippen molar-refractivity contribution in [3.05, 3.63) is 58.6 Å². The second-order valence-electron chi connectivity index (χ2n) is 5.87. The van der Waals surface area contributed by atoms with E-state index in [0.29, 0.717) is 22.1 Å². The number of imide groups is 1. The number of benzene rings is 2. The van der Waals surface area contributed by atoms with E-state index in [4.69, 9.17) is 11.6 Å². The van der Waals surface area contributed by atoms with Crippen molar-refractivity contribution in [1.82, 2.24) is 25.5 Å². The Morgan fingerprint density at radius 3 is 2.67 bits per heavy atom. The zero-order valence-corrected chi connectivity index (χ0v) is 15.5. The van der Waals surface area contributed by atoms with Gasteiger partial charge in [-0.3, -0.25) is 10.1 Å². The van der Waals surface area contributed by atoms with Gasteiger partial charge in [-0.1, -0.05) is 35.9 Å². The molecule has 0 aliphatic carbocycles. The van der Waals surface area contributed by atoms with Crippen LogP contribution in [0.3, 0.4) is 0 Å². The third-order valence-electron chi connectivity index (χ3n) is 3.96. The predicted molar refractivity (Wildman–Crippen MR) is 101 cm³/mol. The molecule has 1 heterocycles. The maximum absolute atomic E-state index is 12.1. The molecular weight excluding hydrogens is 368 g/mol. The van der Waals surface area contributed by atoms with E-state index < -0.39 is 11.9 Å². The van der Waals surface area contributed by atoms with Crippen molar-refractivity contribution >= 4 is 29.2 Å². The number of rotatable bonds is 4. The maximum atomic E-state index is 12.1. The molecule has 3 aromatic rings. The molecule has 2 aromatic carbocycles. The minimum absolute atomic E-state index is 0.252. The number of nitrogens with one attached hydrogen (secondary N) is 2. The quantitative estimate of drug-likeness (QED) is 0.720. The van der Waals surface area contributed by atoms with Gasteiger partial charge in [0.15, 0.2) is 0 Å². The second kappa shape index (κ2) is 7.96. The van der Waals surface area contributed by atoms with Gasteiger partial charge >= 0.3 is 6.03 Å². The van der Waals surface area contributed by atoms with Gasteiger partial charge in [-0.2, -0.15) is 4.80 Å². The summed E-state index contributed by atoms with van der Waals surface area (Å²) in [4.78, 5) is 25.2. The number of nitrogens with zero attached hydrogens (tertiary/aromatic N) is 4. The summed E-state index contributed by atoms with van der Waals surface area (Å²) in [6, 6.07) is 12.0. The number of urea groups is 1. The van der Waals surface area contributed by atoms with Crippen molar-refractivity contribution < 1.29 is 9.59 Å².